The number of para-hydroxylation sites is 1. The van der Waals surface area contributed by atoms with Crippen LogP contribution in [0, 0.1) is 12.8 Å². The Labute approximate surface area is 132 Å². The predicted molar refractivity (Wildman–Crippen MR) is 87.9 cm³/mol. The van der Waals surface area contributed by atoms with Gasteiger partial charge in [-0.25, -0.2) is 4.79 Å². The molecule has 0 amide bonds. The van der Waals surface area contributed by atoms with Crippen molar-refractivity contribution in [2.45, 2.75) is 26.9 Å². The van der Waals surface area contributed by atoms with Crippen LogP contribution in [0.3, 0.4) is 0 Å². The van der Waals surface area contributed by atoms with Crippen LogP contribution in [-0.2, 0) is 4.74 Å². The van der Waals surface area contributed by atoms with Crippen LogP contribution in [0.5, 0.6) is 0 Å². The van der Waals surface area contributed by atoms with Gasteiger partial charge in [-0.15, -0.1) is 0 Å². The van der Waals surface area contributed by atoms with Gasteiger partial charge in [0.15, 0.2) is 0 Å². The monoisotopic (exact) mass is 304 g/mol. The SMILES string of the molecule is Cc1c(C(=O)O[C@@H](C)[C@@H](C)C[N+](C)(C)C)oc2ccccc12. The lowest BCUT2D eigenvalue weighted by atomic mass is 10.1. The molecule has 0 aliphatic carbocycles. The number of quaternary nitrogens is 1. The Balaban J connectivity index is 2.12. The Bertz CT molecular complexity index is 667. The molecule has 0 N–H and O–H groups in total. The topological polar surface area (TPSA) is 39.4 Å². The van der Waals surface area contributed by atoms with Crippen LogP contribution in [0.15, 0.2) is 28.7 Å². The summed E-state index contributed by atoms with van der Waals surface area (Å²) >= 11 is 0. The van der Waals surface area contributed by atoms with Crippen molar-refractivity contribution in [2.24, 2.45) is 5.92 Å². The molecule has 0 fully saturated rings. The van der Waals surface area contributed by atoms with Gasteiger partial charge < -0.3 is 13.6 Å². The summed E-state index contributed by atoms with van der Waals surface area (Å²) in [6.07, 6.45) is -0.155. The van der Waals surface area contributed by atoms with Gasteiger partial charge in [0.25, 0.3) is 0 Å². The first-order chi connectivity index (χ1) is 10.2. The highest BCUT2D eigenvalue weighted by Crippen LogP contribution is 2.26. The molecule has 0 unspecified atom stereocenters. The summed E-state index contributed by atoms with van der Waals surface area (Å²) in [5.74, 6) is 0.202. The molecule has 0 saturated heterocycles. The smallest absolute Gasteiger partial charge is 0.374 e. The molecule has 0 bridgehead atoms. The van der Waals surface area contributed by atoms with E-state index in [-0.39, 0.29) is 18.0 Å². The van der Waals surface area contributed by atoms with Gasteiger partial charge >= 0.3 is 5.97 Å². The second-order valence-corrected chi connectivity index (χ2v) is 7.11. The van der Waals surface area contributed by atoms with Crippen molar-refractivity contribution in [3.8, 4) is 0 Å². The van der Waals surface area contributed by atoms with Gasteiger partial charge in [0.05, 0.1) is 27.7 Å². The Morgan fingerprint density at radius 2 is 1.86 bits per heavy atom. The van der Waals surface area contributed by atoms with Crippen LogP contribution in [0.2, 0.25) is 0 Å². The number of furan rings is 1. The molecule has 0 aliphatic rings. The average molecular weight is 304 g/mol. The molecule has 2 atom stereocenters. The van der Waals surface area contributed by atoms with E-state index in [1.807, 2.05) is 38.1 Å². The number of hydrogen-bond donors (Lipinski definition) is 0. The summed E-state index contributed by atoms with van der Waals surface area (Å²) in [6, 6.07) is 7.65. The molecule has 1 aromatic heterocycles. The highest BCUT2D eigenvalue weighted by Gasteiger charge is 2.26. The lowest BCUT2D eigenvalue weighted by Gasteiger charge is -2.30. The first-order valence-corrected chi connectivity index (χ1v) is 7.68. The zero-order valence-corrected chi connectivity index (χ0v) is 14.3. The lowest BCUT2D eigenvalue weighted by Crippen LogP contribution is -2.42. The Hall–Kier alpha value is -1.81. The third-order valence-electron chi connectivity index (χ3n) is 3.96. The third kappa shape index (κ3) is 3.69. The molecule has 1 aromatic carbocycles. The molecule has 2 aromatic rings. The van der Waals surface area contributed by atoms with Gasteiger partial charge in [-0.3, -0.25) is 0 Å². The first kappa shape index (κ1) is 16.6. The van der Waals surface area contributed by atoms with Crippen molar-refractivity contribution < 1.29 is 18.4 Å². The summed E-state index contributed by atoms with van der Waals surface area (Å²) in [5, 5.41) is 0.960. The Kier molecular flexibility index (Phi) is 4.61. The molecule has 4 heteroatoms. The summed E-state index contributed by atoms with van der Waals surface area (Å²) < 4.78 is 12.1. The molecule has 4 nitrogen and oxygen atoms in total. The minimum Gasteiger partial charge on any atom is -0.456 e. The number of ether oxygens (including phenoxy) is 1. The van der Waals surface area contributed by atoms with E-state index < -0.39 is 0 Å². The van der Waals surface area contributed by atoms with Gasteiger partial charge in [0, 0.05) is 16.9 Å². The maximum Gasteiger partial charge on any atom is 0.374 e. The van der Waals surface area contributed by atoms with Crippen LogP contribution < -0.4 is 0 Å². The fourth-order valence-corrected chi connectivity index (χ4v) is 2.72. The maximum atomic E-state index is 12.4. The lowest BCUT2D eigenvalue weighted by molar-refractivity contribution is -0.874. The van der Waals surface area contributed by atoms with E-state index in [1.165, 1.54) is 0 Å². The van der Waals surface area contributed by atoms with Gasteiger partial charge in [-0.1, -0.05) is 25.1 Å². The van der Waals surface area contributed by atoms with E-state index in [2.05, 4.69) is 28.1 Å². The van der Waals surface area contributed by atoms with Crippen molar-refractivity contribution in [2.75, 3.05) is 27.7 Å². The molecular formula is C18H26NO3+. The fourth-order valence-electron chi connectivity index (χ4n) is 2.72. The zero-order chi connectivity index (χ0) is 16.5. The van der Waals surface area contributed by atoms with E-state index in [4.69, 9.17) is 9.15 Å². The van der Waals surface area contributed by atoms with Crippen LogP contribution in [-0.4, -0.2) is 44.2 Å². The van der Waals surface area contributed by atoms with E-state index in [9.17, 15) is 4.79 Å². The van der Waals surface area contributed by atoms with Crippen molar-refractivity contribution in [3.63, 3.8) is 0 Å². The summed E-state index contributed by atoms with van der Waals surface area (Å²) in [7, 11) is 6.40. The molecular weight excluding hydrogens is 278 g/mol. The van der Waals surface area contributed by atoms with E-state index >= 15 is 0 Å². The summed E-state index contributed by atoms with van der Waals surface area (Å²) in [6.45, 7) is 6.87. The van der Waals surface area contributed by atoms with Crippen molar-refractivity contribution >= 4 is 16.9 Å². The van der Waals surface area contributed by atoms with Crippen molar-refractivity contribution in [3.05, 3.63) is 35.6 Å². The van der Waals surface area contributed by atoms with Gasteiger partial charge in [0.2, 0.25) is 5.76 Å². The van der Waals surface area contributed by atoms with Crippen LogP contribution in [0.25, 0.3) is 11.0 Å². The zero-order valence-electron chi connectivity index (χ0n) is 14.3. The molecule has 2 rings (SSSR count). The Morgan fingerprint density at radius 1 is 1.23 bits per heavy atom. The quantitative estimate of drug-likeness (QED) is 0.625. The van der Waals surface area contributed by atoms with Crippen molar-refractivity contribution in [1.82, 2.24) is 0 Å². The van der Waals surface area contributed by atoms with E-state index in [1.54, 1.807) is 0 Å². The fraction of sp³-hybridized carbons (Fsp3) is 0.500. The molecule has 1 heterocycles. The normalized spacial score (nSPS) is 14.8. The largest absolute Gasteiger partial charge is 0.456 e. The molecule has 120 valence electrons. The van der Waals surface area contributed by atoms with Gasteiger partial charge in [-0.05, 0) is 19.9 Å². The second kappa shape index (κ2) is 6.13. The number of rotatable bonds is 5. The first-order valence-electron chi connectivity index (χ1n) is 7.68. The minimum atomic E-state index is -0.380. The second-order valence-electron chi connectivity index (χ2n) is 7.11. The highest BCUT2D eigenvalue weighted by molar-refractivity contribution is 5.95. The summed E-state index contributed by atoms with van der Waals surface area (Å²) in [5.41, 5.74) is 1.56. The number of hydrogen-bond acceptors (Lipinski definition) is 3. The number of fused-ring (bicyclic) bond motifs is 1. The number of esters is 1. The number of benzene rings is 1. The molecule has 0 aliphatic heterocycles. The number of carbonyl (C=O) groups excluding carboxylic acids is 1. The van der Waals surface area contributed by atoms with Crippen LogP contribution in [0.4, 0.5) is 0 Å². The van der Waals surface area contributed by atoms with Crippen molar-refractivity contribution in [1.29, 1.82) is 0 Å². The molecule has 0 radical (unpaired) electrons. The average Bonchev–Trinajstić information content (AvgIpc) is 2.75. The molecule has 0 saturated carbocycles. The van der Waals surface area contributed by atoms with Gasteiger partial charge in [-0.2, -0.15) is 0 Å². The minimum absolute atomic E-state index is 0.155. The van der Waals surface area contributed by atoms with E-state index in [0.717, 1.165) is 27.6 Å². The van der Waals surface area contributed by atoms with Crippen LogP contribution in [0.1, 0.15) is 30.0 Å². The predicted octanol–water partition coefficient (Wildman–Crippen LogP) is 3.63. The number of aryl methyl sites for hydroxylation is 1. The Morgan fingerprint density at radius 3 is 2.45 bits per heavy atom. The van der Waals surface area contributed by atoms with Crippen LogP contribution >= 0.6 is 0 Å². The highest BCUT2D eigenvalue weighted by atomic mass is 16.6. The summed E-state index contributed by atoms with van der Waals surface area (Å²) in [4.78, 5) is 12.4. The third-order valence-corrected chi connectivity index (χ3v) is 3.96. The maximum absolute atomic E-state index is 12.4. The number of carbonyl (C=O) groups is 1. The number of nitrogens with zero attached hydrogens (tertiary/aromatic N) is 1. The standard InChI is InChI=1S/C18H26NO3/c1-12(11-19(4,5)6)14(3)21-18(20)17-13(2)15-9-7-8-10-16(15)22-17/h7-10,12,14H,11H2,1-6H3/q+1/t12-,14-/m0/s1. The van der Waals surface area contributed by atoms with Gasteiger partial charge in [0.1, 0.15) is 11.7 Å². The van der Waals surface area contributed by atoms with E-state index in [0.29, 0.717) is 5.76 Å². The molecule has 0 spiro atoms. The molecule has 22 heavy (non-hydrogen) atoms.